The van der Waals surface area contributed by atoms with E-state index in [0.29, 0.717) is 18.0 Å². The Bertz CT molecular complexity index is 598. The second-order valence-electron chi connectivity index (χ2n) is 6.90. The minimum Gasteiger partial charge on any atom is -0.381 e. The highest BCUT2D eigenvalue weighted by atomic mass is 19.4. The molecule has 0 aliphatic carbocycles. The molecule has 1 aliphatic rings. The minimum absolute atomic E-state index is 0.0245. The first-order valence-electron chi connectivity index (χ1n) is 8.98. The van der Waals surface area contributed by atoms with E-state index in [4.69, 9.17) is 4.74 Å². The number of halogens is 3. The topological polar surface area (TPSA) is 36.9 Å². The third-order valence-corrected chi connectivity index (χ3v) is 4.77. The summed E-state index contributed by atoms with van der Waals surface area (Å²) in [5, 5.41) is 3.30. The van der Waals surface area contributed by atoms with Crippen LogP contribution in [0.15, 0.2) is 29.3 Å². The maximum absolute atomic E-state index is 12.8. The standard InChI is InChI=1S/C19H28F3N3O/c1-14(16-5-4-6-17(11-16)19(20,21)22)7-9-24-18(23-2)25(3)12-15-8-10-26-13-15/h4-6,11,14-15H,7-10,12-13H2,1-3H3,(H,23,24). The van der Waals surface area contributed by atoms with Gasteiger partial charge in [0.2, 0.25) is 0 Å². The van der Waals surface area contributed by atoms with E-state index < -0.39 is 11.7 Å². The fraction of sp³-hybridized carbons (Fsp3) is 0.632. The lowest BCUT2D eigenvalue weighted by molar-refractivity contribution is -0.137. The number of rotatable bonds is 6. The van der Waals surface area contributed by atoms with Crippen LogP contribution in [0.25, 0.3) is 0 Å². The molecule has 1 N–H and O–H groups in total. The number of nitrogens with zero attached hydrogens (tertiary/aromatic N) is 2. The predicted octanol–water partition coefficient (Wildman–Crippen LogP) is 3.74. The molecule has 2 atom stereocenters. The molecular formula is C19H28F3N3O. The van der Waals surface area contributed by atoms with Gasteiger partial charge < -0.3 is 15.0 Å². The Morgan fingerprint density at radius 3 is 2.81 bits per heavy atom. The largest absolute Gasteiger partial charge is 0.416 e. The van der Waals surface area contributed by atoms with Crippen molar-refractivity contribution in [3.63, 3.8) is 0 Å². The molecule has 0 radical (unpaired) electrons. The number of hydrogen-bond donors (Lipinski definition) is 1. The lowest BCUT2D eigenvalue weighted by atomic mass is 9.96. The lowest BCUT2D eigenvalue weighted by Crippen LogP contribution is -2.42. The van der Waals surface area contributed by atoms with Crippen LogP contribution in [-0.4, -0.2) is 51.3 Å². The molecule has 146 valence electrons. The van der Waals surface area contributed by atoms with Gasteiger partial charge in [0.1, 0.15) is 0 Å². The van der Waals surface area contributed by atoms with Gasteiger partial charge in [-0.25, -0.2) is 0 Å². The highest BCUT2D eigenvalue weighted by Gasteiger charge is 2.30. The van der Waals surface area contributed by atoms with Gasteiger partial charge in [0, 0.05) is 39.7 Å². The molecule has 1 fully saturated rings. The van der Waals surface area contributed by atoms with E-state index in [1.54, 1.807) is 13.1 Å². The molecule has 0 aromatic heterocycles. The van der Waals surface area contributed by atoms with E-state index in [0.717, 1.165) is 44.6 Å². The van der Waals surface area contributed by atoms with Crippen molar-refractivity contribution in [2.24, 2.45) is 10.9 Å². The zero-order chi connectivity index (χ0) is 19.2. The van der Waals surface area contributed by atoms with Gasteiger partial charge in [0.15, 0.2) is 5.96 Å². The van der Waals surface area contributed by atoms with E-state index >= 15 is 0 Å². The molecule has 26 heavy (non-hydrogen) atoms. The van der Waals surface area contributed by atoms with E-state index in [2.05, 4.69) is 15.2 Å². The van der Waals surface area contributed by atoms with Crippen LogP contribution in [0.1, 0.15) is 36.8 Å². The van der Waals surface area contributed by atoms with Crippen molar-refractivity contribution in [1.29, 1.82) is 0 Å². The molecule has 1 aliphatic heterocycles. The fourth-order valence-electron chi connectivity index (χ4n) is 3.17. The summed E-state index contributed by atoms with van der Waals surface area (Å²) in [7, 11) is 3.73. The first-order valence-corrected chi connectivity index (χ1v) is 8.98. The van der Waals surface area contributed by atoms with Gasteiger partial charge in [-0.3, -0.25) is 4.99 Å². The summed E-state index contributed by atoms with van der Waals surface area (Å²) >= 11 is 0. The van der Waals surface area contributed by atoms with Crippen LogP contribution in [0.3, 0.4) is 0 Å². The van der Waals surface area contributed by atoms with E-state index in [-0.39, 0.29) is 5.92 Å². The molecule has 1 saturated heterocycles. The Morgan fingerprint density at radius 2 is 2.19 bits per heavy atom. The Kier molecular flexibility index (Phi) is 7.32. The van der Waals surface area contributed by atoms with E-state index in [9.17, 15) is 13.2 Å². The Morgan fingerprint density at radius 1 is 1.42 bits per heavy atom. The molecule has 1 aromatic rings. The second kappa shape index (κ2) is 9.26. The molecule has 1 heterocycles. The summed E-state index contributed by atoms with van der Waals surface area (Å²) in [6.45, 7) is 5.07. The summed E-state index contributed by atoms with van der Waals surface area (Å²) in [5.74, 6) is 1.34. The molecule has 4 nitrogen and oxygen atoms in total. The van der Waals surface area contributed by atoms with Gasteiger partial charge in [0.25, 0.3) is 0 Å². The molecule has 0 spiro atoms. The van der Waals surface area contributed by atoms with Crippen molar-refractivity contribution < 1.29 is 17.9 Å². The van der Waals surface area contributed by atoms with Gasteiger partial charge in [-0.05, 0) is 30.4 Å². The summed E-state index contributed by atoms with van der Waals surface area (Å²) in [6.07, 6.45) is -2.52. The number of ether oxygens (including phenoxy) is 1. The van der Waals surface area contributed by atoms with Crippen LogP contribution in [0.2, 0.25) is 0 Å². The quantitative estimate of drug-likeness (QED) is 0.611. The SMILES string of the molecule is CN=C(NCCC(C)c1cccc(C(F)(F)F)c1)N(C)CC1CCOC1. The zero-order valence-corrected chi connectivity index (χ0v) is 15.6. The molecule has 0 saturated carbocycles. The molecule has 7 heteroatoms. The average Bonchev–Trinajstić information content (AvgIpc) is 3.10. The van der Waals surface area contributed by atoms with Crippen LogP contribution in [0.4, 0.5) is 13.2 Å². The first-order chi connectivity index (χ1) is 12.3. The van der Waals surface area contributed by atoms with Crippen molar-refractivity contribution >= 4 is 5.96 Å². The van der Waals surface area contributed by atoms with Crippen molar-refractivity contribution in [3.05, 3.63) is 35.4 Å². The third kappa shape index (κ3) is 5.90. The van der Waals surface area contributed by atoms with Crippen molar-refractivity contribution in [3.8, 4) is 0 Å². The zero-order valence-electron chi connectivity index (χ0n) is 15.6. The van der Waals surface area contributed by atoms with Crippen molar-refractivity contribution in [2.75, 3.05) is 40.4 Å². The Balaban J connectivity index is 1.83. The van der Waals surface area contributed by atoms with Crippen LogP contribution in [0, 0.1) is 5.92 Å². The second-order valence-corrected chi connectivity index (χ2v) is 6.90. The van der Waals surface area contributed by atoms with Gasteiger partial charge in [-0.1, -0.05) is 25.1 Å². The fourth-order valence-corrected chi connectivity index (χ4v) is 3.17. The van der Waals surface area contributed by atoms with Crippen LogP contribution >= 0.6 is 0 Å². The molecule has 1 aromatic carbocycles. The number of hydrogen-bond acceptors (Lipinski definition) is 2. The lowest BCUT2D eigenvalue weighted by Gasteiger charge is -2.25. The van der Waals surface area contributed by atoms with E-state index in [1.165, 1.54) is 12.1 Å². The Hall–Kier alpha value is -1.76. The minimum atomic E-state index is -4.30. The number of alkyl halides is 3. The number of nitrogens with one attached hydrogen (secondary N) is 1. The molecule has 0 bridgehead atoms. The highest BCUT2D eigenvalue weighted by molar-refractivity contribution is 5.79. The predicted molar refractivity (Wildman–Crippen MR) is 97.4 cm³/mol. The first kappa shape index (κ1) is 20.6. The van der Waals surface area contributed by atoms with Crippen molar-refractivity contribution in [2.45, 2.75) is 31.9 Å². The molecular weight excluding hydrogens is 343 g/mol. The summed E-state index contributed by atoms with van der Waals surface area (Å²) in [5.41, 5.74) is 0.109. The smallest absolute Gasteiger partial charge is 0.381 e. The average molecular weight is 371 g/mol. The Labute approximate surface area is 153 Å². The maximum atomic E-state index is 12.8. The summed E-state index contributed by atoms with van der Waals surface area (Å²) in [6, 6.07) is 5.57. The summed E-state index contributed by atoms with van der Waals surface area (Å²) in [4.78, 5) is 6.37. The molecule has 0 amide bonds. The number of aliphatic imine (C=N–C) groups is 1. The number of benzene rings is 1. The van der Waals surface area contributed by atoms with Gasteiger partial charge in [0.05, 0.1) is 12.2 Å². The van der Waals surface area contributed by atoms with Gasteiger partial charge in [-0.15, -0.1) is 0 Å². The van der Waals surface area contributed by atoms with Crippen LogP contribution in [-0.2, 0) is 10.9 Å². The summed E-state index contributed by atoms with van der Waals surface area (Å²) < 4.78 is 43.9. The van der Waals surface area contributed by atoms with Crippen molar-refractivity contribution in [1.82, 2.24) is 10.2 Å². The van der Waals surface area contributed by atoms with Gasteiger partial charge in [-0.2, -0.15) is 13.2 Å². The molecule has 2 unspecified atom stereocenters. The van der Waals surface area contributed by atoms with E-state index in [1.807, 2.05) is 14.0 Å². The van der Waals surface area contributed by atoms with Crippen LogP contribution < -0.4 is 5.32 Å². The van der Waals surface area contributed by atoms with Crippen LogP contribution in [0.5, 0.6) is 0 Å². The normalized spacial score (nSPS) is 19.5. The third-order valence-electron chi connectivity index (χ3n) is 4.77. The highest BCUT2D eigenvalue weighted by Crippen LogP contribution is 2.31. The monoisotopic (exact) mass is 371 g/mol. The molecule has 2 rings (SSSR count). The number of guanidine groups is 1. The maximum Gasteiger partial charge on any atom is 0.416 e. The van der Waals surface area contributed by atoms with Gasteiger partial charge >= 0.3 is 6.18 Å².